The third-order valence-corrected chi connectivity index (χ3v) is 5.10. The van der Waals surface area contributed by atoms with Crippen molar-refractivity contribution in [2.45, 2.75) is 51.8 Å². The molecule has 0 radical (unpaired) electrons. The summed E-state index contributed by atoms with van der Waals surface area (Å²) in [4.78, 5) is 9.83. The minimum Gasteiger partial charge on any atom is -0.370 e. The van der Waals surface area contributed by atoms with Crippen molar-refractivity contribution in [2.24, 2.45) is 12.0 Å². The number of hydrogen-bond donors (Lipinski definition) is 1. The Morgan fingerprint density at radius 3 is 2.81 bits per heavy atom. The second kappa shape index (κ2) is 10.6. The summed E-state index contributed by atoms with van der Waals surface area (Å²) in [5.74, 6) is 1.00. The number of aryl methyl sites for hydroxylation is 1. The SMILES string of the molecule is CCNC(=NCCN(C(C)C)C1CC1)N1CCOC(c2cnn(C)c2)C1.I. The summed E-state index contributed by atoms with van der Waals surface area (Å²) >= 11 is 0. The maximum atomic E-state index is 5.96. The van der Waals surface area contributed by atoms with Gasteiger partial charge in [0.1, 0.15) is 6.10 Å². The third-order valence-electron chi connectivity index (χ3n) is 5.10. The summed E-state index contributed by atoms with van der Waals surface area (Å²) in [6.07, 6.45) is 6.68. The smallest absolute Gasteiger partial charge is 0.194 e. The molecule has 3 rings (SSSR count). The van der Waals surface area contributed by atoms with Crippen LogP contribution in [-0.4, -0.2) is 77.0 Å². The first-order chi connectivity index (χ1) is 12.6. The zero-order valence-corrected chi connectivity index (χ0v) is 19.4. The highest BCUT2D eigenvalue weighted by Crippen LogP contribution is 2.28. The van der Waals surface area contributed by atoms with Crippen LogP contribution < -0.4 is 5.32 Å². The minimum absolute atomic E-state index is 0. The van der Waals surface area contributed by atoms with Crippen molar-refractivity contribution in [2.75, 3.05) is 39.3 Å². The van der Waals surface area contributed by atoms with Crippen LogP contribution >= 0.6 is 24.0 Å². The molecule has 1 saturated heterocycles. The molecule has 2 fully saturated rings. The summed E-state index contributed by atoms with van der Waals surface area (Å²) < 4.78 is 7.79. The average Bonchev–Trinajstić information content (AvgIpc) is 3.37. The highest BCUT2D eigenvalue weighted by molar-refractivity contribution is 14.0. The number of halogens is 1. The first-order valence-electron chi connectivity index (χ1n) is 9.97. The zero-order valence-electron chi connectivity index (χ0n) is 17.1. The molecule has 1 aliphatic heterocycles. The summed E-state index contributed by atoms with van der Waals surface area (Å²) in [5.41, 5.74) is 1.13. The Labute approximate surface area is 180 Å². The van der Waals surface area contributed by atoms with Gasteiger partial charge in [-0.25, -0.2) is 0 Å². The Morgan fingerprint density at radius 1 is 1.44 bits per heavy atom. The summed E-state index contributed by atoms with van der Waals surface area (Å²) in [5, 5.41) is 7.73. The fraction of sp³-hybridized carbons (Fsp3) is 0.789. The van der Waals surface area contributed by atoms with Gasteiger partial charge in [0.25, 0.3) is 0 Å². The monoisotopic (exact) mass is 490 g/mol. The van der Waals surface area contributed by atoms with Crippen LogP contribution in [0.5, 0.6) is 0 Å². The number of rotatable bonds is 7. The highest BCUT2D eigenvalue weighted by atomic mass is 127. The molecule has 2 aliphatic rings. The fourth-order valence-corrected chi connectivity index (χ4v) is 3.62. The highest BCUT2D eigenvalue weighted by Gasteiger charge is 2.30. The number of aliphatic imine (C=N–C) groups is 1. The number of morpholine rings is 1. The first-order valence-corrected chi connectivity index (χ1v) is 9.97. The van der Waals surface area contributed by atoms with Gasteiger partial charge in [0.15, 0.2) is 5.96 Å². The van der Waals surface area contributed by atoms with Gasteiger partial charge in [-0.2, -0.15) is 5.10 Å². The van der Waals surface area contributed by atoms with Crippen molar-refractivity contribution in [1.82, 2.24) is 24.9 Å². The largest absolute Gasteiger partial charge is 0.370 e. The zero-order chi connectivity index (χ0) is 18.5. The number of guanidine groups is 1. The Bertz CT molecular complexity index is 599. The normalized spacial score (nSPS) is 20.9. The van der Waals surface area contributed by atoms with E-state index >= 15 is 0 Å². The van der Waals surface area contributed by atoms with Gasteiger partial charge in [-0.15, -0.1) is 24.0 Å². The van der Waals surface area contributed by atoms with E-state index in [1.54, 1.807) is 0 Å². The van der Waals surface area contributed by atoms with Crippen molar-refractivity contribution < 1.29 is 4.74 Å². The summed E-state index contributed by atoms with van der Waals surface area (Å²) in [6.45, 7) is 11.8. The molecule has 0 amide bonds. The molecule has 0 bridgehead atoms. The second-order valence-corrected chi connectivity index (χ2v) is 7.55. The predicted octanol–water partition coefficient (Wildman–Crippen LogP) is 2.25. The Balaban J connectivity index is 0.00000261. The number of ether oxygens (including phenoxy) is 1. The van der Waals surface area contributed by atoms with E-state index < -0.39 is 0 Å². The molecule has 27 heavy (non-hydrogen) atoms. The van der Waals surface area contributed by atoms with Crippen LogP contribution in [0.3, 0.4) is 0 Å². The van der Waals surface area contributed by atoms with Crippen LogP contribution in [0, 0.1) is 0 Å². The van der Waals surface area contributed by atoms with E-state index in [1.165, 1.54) is 12.8 Å². The van der Waals surface area contributed by atoms with E-state index in [1.807, 2.05) is 24.1 Å². The van der Waals surface area contributed by atoms with Gasteiger partial charge in [-0.3, -0.25) is 14.6 Å². The van der Waals surface area contributed by atoms with Crippen LogP contribution in [-0.2, 0) is 11.8 Å². The fourth-order valence-electron chi connectivity index (χ4n) is 3.62. The van der Waals surface area contributed by atoms with Gasteiger partial charge in [-0.1, -0.05) is 0 Å². The minimum atomic E-state index is 0. The molecule has 8 heteroatoms. The molecule has 1 atom stereocenters. The van der Waals surface area contributed by atoms with Gasteiger partial charge >= 0.3 is 0 Å². The quantitative estimate of drug-likeness (QED) is 0.361. The lowest BCUT2D eigenvalue weighted by Crippen LogP contribution is -2.48. The van der Waals surface area contributed by atoms with Gasteiger partial charge in [0, 0.05) is 50.5 Å². The molecule has 1 aliphatic carbocycles. The molecule has 1 unspecified atom stereocenters. The van der Waals surface area contributed by atoms with E-state index in [2.05, 4.69) is 41.0 Å². The lowest BCUT2D eigenvalue weighted by Gasteiger charge is -2.35. The van der Waals surface area contributed by atoms with Crippen molar-refractivity contribution in [3.05, 3.63) is 18.0 Å². The Hall–Kier alpha value is -0.870. The molecule has 1 N–H and O–H groups in total. The van der Waals surface area contributed by atoms with Crippen molar-refractivity contribution in [3.8, 4) is 0 Å². The van der Waals surface area contributed by atoms with E-state index in [4.69, 9.17) is 9.73 Å². The van der Waals surface area contributed by atoms with Crippen LogP contribution in [0.4, 0.5) is 0 Å². The number of nitrogens with one attached hydrogen (secondary N) is 1. The van der Waals surface area contributed by atoms with Crippen LogP contribution in [0.2, 0.25) is 0 Å². The molecule has 0 spiro atoms. The summed E-state index contributed by atoms with van der Waals surface area (Å²) in [6, 6.07) is 1.38. The van der Waals surface area contributed by atoms with Crippen molar-refractivity contribution >= 4 is 29.9 Å². The lowest BCUT2D eigenvalue weighted by atomic mass is 10.1. The molecular formula is C19H35IN6O. The number of nitrogens with zero attached hydrogens (tertiary/aromatic N) is 5. The van der Waals surface area contributed by atoms with E-state index in [0.717, 1.165) is 50.3 Å². The van der Waals surface area contributed by atoms with Gasteiger partial charge in [0.2, 0.25) is 0 Å². The lowest BCUT2D eigenvalue weighted by molar-refractivity contribution is -0.00805. The van der Waals surface area contributed by atoms with Crippen LogP contribution in [0.15, 0.2) is 17.4 Å². The molecule has 2 heterocycles. The maximum absolute atomic E-state index is 5.96. The summed E-state index contributed by atoms with van der Waals surface area (Å²) in [7, 11) is 1.94. The Kier molecular flexibility index (Phi) is 8.81. The first kappa shape index (κ1) is 22.4. The average molecular weight is 490 g/mol. The Morgan fingerprint density at radius 2 is 2.22 bits per heavy atom. The predicted molar refractivity (Wildman–Crippen MR) is 120 cm³/mol. The third kappa shape index (κ3) is 6.32. The molecule has 1 aromatic heterocycles. The van der Waals surface area contributed by atoms with E-state index in [-0.39, 0.29) is 30.1 Å². The molecule has 0 aromatic carbocycles. The molecule has 1 aromatic rings. The molecule has 154 valence electrons. The molecular weight excluding hydrogens is 455 g/mol. The van der Waals surface area contributed by atoms with E-state index in [0.29, 0.717) is 12.6 Å². The van der Waals surface area contributed by atoms with Crippen LogP contribution in [0.25, 0.3) is 0 Å². The number of hydrogen-bond acceptors (Lipinski definition) is 4. The second-order valence-electron chi connectivity index (χ2n) is 7.55. The van der Waals surface area contributed by atoms with Gasteiger partial charge in [0.05, 0.1) is 25.9 Å². The van der Waals surface area contributed by atoms with Crippen molar-refractivity contribution in [1.29, 1.82) is 0 Å². The van der Waals surface area contributed by atoms with Crippen molar-refractivity contribution in [3.63, 3.8) is 0 Å². The van der Waals surface area contributed by atoms with Gasteiger partial charge in [-0.05, 0) is 33.6 Å². The van der Waals surface area contributed by atoms with E-state index in [9.17, 15) is 0 Å². The van der Waals surface area contributed by atoms with Gasteiger partial charge < -0.3 is 15.0 Å². The standard InChI is InChI=1S/C19H34N6O.HI/c1-5-20-19(21-8-9-25(15(2)3)17-6-7-17)24-10-11-26-18(14-24)16-12-22-23(4)13-16;/h12-13,15,17-18H,5-11,14H2,1-4H3,(H,20,21);1H. The molecule has 1 saturated carbocycles. The molecule has 7 nitrogen and oxygen atoms in total. The number of aromatic nitrogens is 2. The van der Waals surface area contributed by atoms with Crippen LogP contribution in [0.1, 0.15) is 45.3 Å². The maximum Gasteiger partial charge on any atom is 0.194 e. The topological polar surface area (TPSA) is 57.9 Å².